The van der Waals surface area contributed by atoms with Gasteiger partial charge in [0.1, 0.15) is 5.75 Å². The van der Waals surface area contributed by atoms with E-state index in [9.17, 15) is 0 Å². The molecule has 0 atom stereocenters. The largest absolute Gasteiger partial charge is 0.493 e. The van der Waals surface area contributed by atoms with Crippen molar-refractivity contribution >= 4 is 12.6 Å². The molecule has 14 heavy (non-hydrogen) atoms. The Morgan fingerprint density at radius 1 is 1.43 bits per heavy atom. The van der Waals surface area contributed by atoms with Crippen LogP contribution >= 0.6 is 12.6 Å². The molecule has 0 amide bonds. The number of rotatable bonds is 4. The summed E-state index contributed by atoms with van der Waals surface area (Å²) in [5, 5.41) is 0. The lowest BCUT2D eigenvalue weighted by Crippen LogP contribution is -2.30. The minimum absolute atomic E-state index is 0.0204. The average Bonchev–Trinajstić information content (AvgIpc) is 2.15. The zero-order valence-corrected chi connectivity index (χ0v) is 9.55. The Balaban J connectivity index is 2.54. The fourth-order valence-corrected chi connectivity index (χ4v) is 1.12. The molecule has 0 bridgehead atoms. The molecule has 0 aromatic heterocycles. The Bertz CT molecular complexity index is 299. The van der Waals surface area contributed by atoms with E-state index < -0.39 is 0 Å². The van der Waals surface area contributed by atoms with Crippen molar-refractivity contribution in [2.24, 2.45) is 11.1 Å². The summed E-state index contributed by atoms with van der Waals surface area (Å²) in [5.74, 6) is 0.846. The molecule has 2 N–H and O–H groups in total. The second-order valence-corrected chi connectivity index (χ2v) is 4.67. The summed E-state index contributed by atoms with van der Waals surface area (Å²) >= 11 is 4.24. The molecule has 78 valence electrons. The smallest absolute Gasteiger partial charge is 0.120 e. The molecule has 0 saturated heterocycles. The van der Waals surface area contributed by atoms with Crippen LogP contribution in [0, 0.1) is 5.41 Å². The summed E-state index contributed by atoms with van der Waals surface area (Å²) in [6, 6.07) is 7.67. The minimum Gasteiger partial charge on any atom is -0.493 e. The molecule has 0 radical (unpaired) electrons. The van der Waals surface area contributed by atoms with Crippen LogP contribution < -0.4 is 10.5 Å². The van der Waals surface area contributed by atoms with Crippen molar-refractivity contribution < 1.29 is 4.74 Å². The summed E-state index contributed by atoms with van der Waals surface area (Å²) in [6.07, 6.45) is 0. The highest BCUT2D eigenvalue weighted by Crippen LogP contribution is 2.19. The maximum atomic E-state index is 5.61. The Hall–Kier alpha value is -0.670. The number of nitrogens with two attached hydrogens (primary N) is 1. The molecule has 0 saturated carbocycles. The van der Waals surface area contributed by atoms with Crippen LogP contribution in [0.1, 0.15) is 13.8 Å². The van der Waals surface area contributed by atoms with E-state index in [1.54, 1.807) is 0 Å². The van der Waals surface area contributed by atoms with Gasteiger partial charge < -0.3 is 10.5 Å². The number of hydrogen-bond donors (Lipinski definition) is 2. The van der Waals surface area contributed by atoms with Crippen LogP contribution in [0.5, 0.6) is 5.75 Å². The summed E-state index contributed by atoms with van der Waals surface area (Å²) in [7, 11) is 0. The van der Waals surface area contributed by atoms with Crippen LogP contribution in [0.25, 0.3) is 0 Å². The predicted octanol–water partition coefficient (Wildman–Crippen LogP) is 2.34. The van der Waals surface area contributed by atoms with Gasteiger partial charge in [0, 0.05) is 16.9 Å². The highest BCUT2D eigenvalue weighted by molar-refractivity contribution is 7.80. The van der Waals surface area contributed by atoms with E-state index >= 15 is 0 Å². The molecule has 1 aromatic rings. The van der Waals surface area contributed by atoms with Crippen LogP contribution in [0.2, 0.25) is 0 Å². The Morgan fingerprint density at radius 3 is 2.71 bits per heavy atom. The molecule has 0 unspecified atom stereocenters. The van der Waals surface area contributed by atoms with Crippen molar-refractivity contribution in [1.82, 2.24) is 0 Å². The third kappa shape index (κ3) is 3.60. The average molecular weight is 211 g/mol. The zero-order valence-electron chi connectivity index (χ0n) is 8.66. The fraction of sp³-hybridized carbons (Fsp3) is 0.455. The minimum atomic E-state index is 0.0204. The quantitative estimate of drug-likeness (QED) is 0.750. The molecule has 3 heteroatoms. The second-order valence-electron chi connectivity index (χ2n) is 4.15. The molecule has 1 aromatic carbocycles. The van der Waals surface area contributed by atoms with Crippen molar-refractivity contribution in [3.05, 3.63) is 24.3 Å². The topological polar surface area (TPSA) is 35.2 Å². The van der Waals surface area contributed by atoms with E-state index in [1.165, 1.54) is 0 Å². The van der Waals surface area contributed by atoms with Crippen molar-refractivity contribution in [2.75, 3.05) is 13.2 Å². The van der Waals surface area contributed by atoms with Crippen LogP contribution in [-0.4, -0.2) is 13.2 Å². The number of thiol groups is 1. The first kappa shape index (κ1) is 11.4. The van der Waals surface area contributed by atoms with E-state index in [1.807, 2.05) is 24.3 Å². The van der Waals surface area contributed by atoms with Crippen LogP contribution in [0.4, 0.5) is 0 Å². The highest BCUT2D eigenvalue weighted by atomic mass is 32.1. The van der Waals surface area contributed by atoms with Gasteiger partial charge >= 0.3 is 0 Å². The Labute approximate surface area is 90.9 Å². The van der Waals surface area contributed by atoms with Gasteiger partial charge in [0.2, 0.25) is 0 Å². The standard InChI is InChI=1S/C11H17NOS/c1-11(2,7-12)8-13-9-4-3-5-10(14)6-9/h3-6,14H,7-8,12H2,1-2H3. The van der Waals surface area contributed by atoms with Gasteiger partial charge in [0.15, 0.2) is 0 Å². The Kier molecular flexibility index (Phi) is 3.84. The summed E-state index contributed by atoms with van der Waals surface area (Å²) in [5.41, 5.74) is 5.63. The van der Waals surface area contributed by atoms with Crippen LogP contribution in [0.15, 0.2) is 29.2 Å². The summed E-state index contributed by atoms with van der Waals surface area (Å²) in [4.78, 5) is 0.910. The van der Waals surface area contributed by atoms with Crippen LogP contribution in [-0.2, 0) is 0 Å². The molecule has 0 spiro atoms. The highest BCUT2D eigenvalue weighted by Gasteiger charge is 2.16. The lowest BCUT2D eigenvalue weighted by Gasteiger charge is -2.22. The zero-order chi connectivity index (χ0) is 10.6. The van der Waals surface area contributed by atoms with E-state index in [0.29, 0.717) is 13.2 Å². The first-order chi connectivity index (χ1) is 6.53. The molecular formula is C11H17NOS. The van der Waals surface area contributed by atoms with Gasteiger partial charge in [-0.05, 0) is 18.2 Å². The molecule has 0 fully saturated rings. The van der Waals surface area contributed by atoms with E-state index in [2.05, 4.69) is 26.5 Å². The fourth-order valence-electron chi connectivity index (χ4n) is 0.911. The lowest BCUT2D eigenvalue weighted by atomic mass is 9.95. The second kappa shape index (κ2) is 4.71. The van der Waals surface area contributed by atoms with E-state index in [4.69, 9.17) is 10.5 Å². The summed E-state index contributed by atoms with van der Waals surface area (Å²) in [6.45, 7) is 5.41. The van der Waals surface area contributed by atoms with E-state index in [0.717, 1.165) is 10.6 Å². The first-order valence-corrected chi connectivity index (χ1v) is 5.10. The third-order valence-electron chi connectivity index (χ3n) is 2.00. The Morgan fingerprint density at radius 2 is 2.14 bits per heavy atom. The number of hydrogen-bond acceptors (Lipinski definition) is 3. The van der Waals surface area contributed by atoms with Crippen molar-refractivity contribution in [2.45, 2.75) is 18.7 Å². The number of ether oxygens (including phenoxy) is 1. The van der Waals surface area contributed by atoms with Crippen molar-refractivity contribution in [3.63, 3.8) is 0 Å². The van der Waals surface area contributed by atoms with Crippen molar-refractivity contribution in [3.8, 4) is 5.75 Å². The lowest BCUT2D eigenvalue weighted by molar-refractivity contribution is 0.187. The molecule has 0 aliphatic rings. The van der Waals surface area contributed by atoms with Gasteiger partial charge in [-0.2, -0.15) is 0 Å². The molecular weight excluding hydrogens is 194 g/mol. The maximum Gasteiger partial charge on any atom is 0.120 e. The summed E-state index contributed by atoms with van der Waals surface area (Å²) < 4.78 is 5.61. The van der Waals surface area contributed by atoms with Gasteiger partial charge in [0.25, 0.3) is 0 Å². The third-order valence-corrected chi connectivity index (χ3v) is 2.28. The molecule has 0 heterocycles. The first-order valence-electron chi connectivity index (χ1n) is 4.65. The maximum absolute atomic E-state index is 5.61. The molecule has 2 nitrogen and oxygen atoms in total. The van der Waals surface area contributed by atoms with Gasteiger partial charge in [0.05, 0.1) is 6.61 Å². The molecule has 1 rings (SSSR count). The normalized spacial score (nSPS) is 11.4. The van der Waals surface area contributed by atoms with Gasteiger partial charge in [-0.15, -0.1) is 12.6 Å². The van der Waals surface area contributed by atoms with Gasteiger partial charge in [-0.3, -0.25) is 0 Å². The van der Waals surface area contributed by atoms with Gasteiger partial charge in [-0.1, -0.05) is 19.9 Å². The molecule has 0 aliphatic heterocycles. The SMILES string of the molecule is CC(C)(CN)COc1cccc(S)c1. The predicted molar refractivity (Wildman–Crippen MR) is 62.0 cm³/mol. The monoisotopic (exact) mass is 211 g/mol. The van der Waals surface area contributed by atoms with Crippen LogP contribution in [0.3, 0.4) is 0 Å². The van der Waals surface area contributed by atoms with Crippen molar-refractivity contribution in [1.29, 1.82) is 0 Å². The number of benzene rings is 1. The molecule has 0 aliphatic carbocycles. The van der Waals surface area contributed by atoms with Gasteiger partial charge in [-0.25, -0.2) is 0 Å². The van der Waals surface area contributed by atoms with E-state index in [-0.39, 0.29) is 5.41 Å².